The molecule has 0 aromatic carbocycles. The summed E-state index contributed by atoms with van der Waals surface area (Å²) in [5, 5.41) is 10.5. The molecule has 2 fully saturated rings. The first-order valence-corrected chi connectivity index (χ1v) is 12.0. The Kier molecular flexibility index (Phi) is 7.76. The Labute approximate surface area is 186 Å². The van der Waals surface area contributed by atoms with E-state index in [1.807, 2.05) is 37.8 Å². The molecular weight excluding hydrogens is 395 g/mol. The highest BCUT2D eigenvalue weighted by Gasteiger charge is 2.47. The van der Waals surface area contributed by atoms with Crippen molar-refractivity contribution in [1.82, 2.24) is 9.80 Å². The van der Waals surface area contributed by atoms with Crippen LogP contribution < -0.4 is 0 Å². The number of fused-ring (bicyclic) bond motifs is 1. The Balaban J connectivity index is 0.00000132. The fourth-order valence-corrected chi connectivity index (χ4v) is 5.65. The van der Waals surface area contributed by atoms with Crippen LogP contribution in [0.3, 0.4) is 0 Å². The highest BCUT2D eigenvalue weighted by molar-refractivity contribution is 5.78. The third-order valence-electron chi connectivity index (χ3n) is 7.29. The van der Waals surface area contributed by atoms with Crippen LogP contribution in [-0.2, 0) is 9.53 Å². The van der Waals surface area contributed by atoms with Crippen LogP contribution in [0.15, 0.2) is 35.3 Å². The van der Waals surface area contributed by atoms with E-state index in [4.69, 9.17) is 4.74 Å². The molecule has 0 radical (unpaired) electrons. The van der Waals surface area contributed by atoms with Crippen LogP contribution in [0.25, 0.3) is 0 Å². The van der Waals surface area contributed by atoms with E-state index < -0.39 is 5.79 Å². The molecular formula is C25H39FN2O3. The lowest BCUT2D eigenvalue weighted by molar-refractivity contribution is -0.223. The van der Waals surface area contributed by atoms with Gasteiger partial charge in [-0.25, -0.2) is 4.39 Å². The van der Waals surface area contributed by atoms with Gasteiger partial charge in [-0.2, -0.15) is 0 Å². The minimum Gasteiger partial charge on any atom is -0.365 e. The van der Waals surface area contributed by atoms with Crippen LogP contribution in [0.4, 0.5) is 4.39 Å². The average Bonchev–Trinajstić information content (AvgIpc) is 2.90. The number of hydrogen-bond acceptors (Lipinski definition) is 4. The zero-order valence-electron chi connectivity index (χ0n) is 19.6. The van der Waals surface area contributed by atoms with E-state index in [1.165, 1.54) is 0 Å². The molecule has 0 aromatic heterocycles. The fraction of sp³-hybridized carbons (Fsp3) is 0.720. The number of aliphatic hydroxyl groups is 1. The van der Waals surface area contributed by atoms with E-state index in [9.17, 15) is 14.3 Å². The second-order valence-corrected chi connectivity index (χ2v) is 9.03. The molecule has 0 unspecified atom stereocenters. The van der Waals surface area contributed by atoms with Gasteiger partial charge in [-0.3, -0.25) is 4.79 Å². The Morgan fingerprint density at radius 2 is 1.87 bits per heavy atom. The number of rotatable bonds is 3. The van der Waals surface area contributed by atoms with Crippen molar-refractivity contribution in [1.29, 1.82) is 0 Å². The van der Waals surface area contributed by atoms with Gasteiger partial charge in [0.15, 0.2) is 5.79 Å². The second-order valence-electron chi connectivity index (χ2n) is 9.03. The smallest absolute Gasteiger partial charge is 0.223 e. The van der Waals surface area contributed by atoms with E-state index in [0.29, 0.717) is 38.5 Å². The molecule has 5 nitrogen and oxygen atoms in total. The Hall–Kier alpha value is -1.50. The summed E-state index contributed by atoms with van der Waals surface area (Å²) in [5.74, 6) is -1.05. The molecule has 0 atom stereocenters. The maximum atomic E-state index is 14.3. The Morgan fingerprint density at radius 1 is 1.23 bits per heavy atom. The molecule has 2 heterocycles. The molecule has 0 aromatic rings. The molecule has 1 saturated carbocycles. The van der Waals surface area contributed by atoms with Gasteiger partial charge in [0.05, 0.1) is 0 Å². The van der Waals surface area contributed by atoms with Gasteiger partial charge in [0.25, 0.3) is 0 Å². The van der Waals surface area contributed by atoms with Crippen LogP contribution in [0, 0.1) is 5.41 Å². The molecule has 1 amide bonds. The van der Waals surface area contributed by atoms with E-state index in [0.717, 1.165) is 50.0 Å². The minimum atomic E-state index is -0.954. The van der Waals surface area contributed by atoms with Crippen molar-refractivity contribution in [3.05, 3.63) is 35.3 Å². The first-order chi connectivity index (χ1) is 14.9. The Morgan fingerprint density at radius 3 is 2.45 bits per heavy atom. The van der Waals surface area contributed by atoms with Gasteiger partial charge >= 0.3 is 0 Å². The molecule has 6 heteroatoms. The summed E-state index contributed by atoms with van der Waals surface area (Å²) in [4.78, 5) is 16.6. The third-order valence-corrected chi connectivity index (χ3v) is 7.29. The Bertz CT molecular complexity index is 742. The summed E-state index contributed by atoms with van der Waals surface area (Å²) in [6.07, 6.45) is 10.8. The summed E-state index contributed by atoms with van der Waals surface area (Å²) in [5.41, 5.74) is 1.75. The molecule has 174 valence electrons. The van der Waals surface area contributed by atoms with E-state index >= 15 is 0 Å². The van der Waals surface area contributed by atoms with Crippen molar-refractivity contribution in [3.8, 4) is 0 Å². The third kappa shape index (κ3) is 4.96. The molecule has 0 bridgehead atoms. The number of likely N-dealkylation sites (tertiary alicyclic amines) is 1. The lowest BCUT2D eigenvalue weighted by Gasteiger charge is -2.46. The standard InChI is InChI=1S/C23H33FN2O3.C2H6/c1-3-29-23(28)9-7-19(8-10-23)25-13-11-22(12-14-25)16-26(17(2)27)21-6-4-5-18(24)15-20(21)22;1-2/h4,6,15,19,28H,3,5,7-14,16H2,1-2H3;1-2H3. The van der Waals surface area contributed by atoms with Gasteiger partial charge < -0.3 is 19.6 Å². The molecule has 1 spiro atoms. The van der Waals surface area contributed by atoms with Gasteiger partial charge in [0.1, 0.15) is 5.83 Å². The van der Waals surface area contributed by atoms with Crippen LogP contribution >= 0.6 is 0 Å². The number of halogens is 1. The normalized spacial score (nSPS) is 30.5. The van der Waals surface area contributed by atoms with Gasteiger partial charge in [-0.1, -0.05) is 19.9 Å². The fourth-order valence-electron chi connectivity index (χ4n) is 5.65. The van der Waals surface area contributed by atoms with E-state index in [1.54, 1.807) is 13.0 Å². The molecule has 1 N–H and O–H groups in total. The lowest BCUT2D eigenvalue weighted by atomic mass is 9.72. The van der Waals surface area contributed by atoms with Crippen LogP contribution in [0.5, 0.6) is 0 Å². The predicted octanol–water partition coefficient (Wildman–Crippen LogP) is 4.69. The van der Waals surface area contributed by atoms with Crippen molar-refractivity contribution in [2.24, 2.45) is 5.41 Å². The van der Waals surface area contributed by atoms with E-state index in [-0.39, 0.29) is 17.1 Å². The van der Waals surface area contributed by atoms with Crippen molar-refractivity contribution in [2.45, 2.75) is 84.5 Å². The number of ether oxygens (including phenoxy) is 1. The highest BCUT2D eigenvalue weighted by Crippen LogP contribution is 2.49. The maximum Gasteiger partial charge on any atom is 0.223 e. The molecule has 4 rings (SSSR count). The monoisotopic (exact) mass is 434 g/mol. The quantitative estimate of drug-likeness (QED) is 0.655. The van der Waals surface area contributed by atoms with Gasteiger partial charge in [-0.05, 0) is 63.4 Å². The molecule has 4 aliphatic rings. The number of piperidine rings is 1. The first kappa shape index (κ1) is 24.1. The SMILES string of the molecule is CC.CCOC1(O)CCC(N2CCC3(CC2)CN(C(C)=O)C2=C3C=C(F)CC=C2)CC1. The maximum absolute atomic E-state index is 14.3. The van der Waals surface area contributed by atoms with Crippen molar-refractivity contribution < 1.29 is 19.0 Å². The molecule has 2 aliphatic heterocycles. The van der Waals surface area contributed by atoms with E-state index in [2.05, 4.69) is 4.90 Å². The number of nitrogens with zero attached hydrogens (tertiary/aromatic N) is 2. The van der Waals surface area contributed by atoms with Crippen LogP contribution in [0.2, 0.25) is 0 Å². The summed E-state index contributed by atoms with van der Waals surface area (Å²) >= 11 is 0. The summed E-state index contributed by atoms with van der Waals surface area (Å²) in [7, 11) is 0. The number of allylic oxidation sites excluding steroid dienone is 4. The molecule has 31 heavy (non-hydrogen) atoms. The average molecular weight is 435 g/mol. The minimum absolute atomic E-state index is 0.0275. The summed E-state index contributed by atoms with van der Waals surface area (Å²) < 4.78 is 19.8. The zero-order valence-corrected chi connectivity index (χ0v) is 19.6. The number of carbonyl (C=O) groups excluding carboxylic acids is 1. The largest absolute Gasteiger partial charge is 0.365 e. The van der Waals surface area contributed by atoms with Gasteiger partial charge in [0, 0.05) is 56.5 Å². The topological polar surface area (TPSA) is 53.0 Å². The van der Waals surface area contributed by atoms with Crippen molar-refractivity contribution >= 4 is 5.91 Å². The second kappa shape index (κ2) is 9.97. The number of amides is 1. The number of carbonyl (C=O) groups is 1. The first-order valence-electron chi connectivity index (χ1n) is 12.0. The summed E-state index contributed by atoms with van der Waals surface area (Å²) in [6.45, 7) is 10.6. The molecule has 2 aliphatic carbocycles. The van der Waals surface area contributed by atoms with Crippen molar-refractivity contribution in [3.63, 3.8) is 0 Å². The molecule has 1 saturated heterocycles. The summed E-state index contributed by atoms with van der Waals surface area (Å²) in [6, 6.07) is 0.466. The van der Waals surface area contributed by atoms with Crippen LogP contribution in [-0.4, -0.2) is 58.9 Å². The predicted molar refractivity (Wildman–Crippen MR) is 121 cm³/mol. The van der Waals surface area contributed by atoms with Crippen LogP contribution in [0.1, 0.15) is 72.6 Å². The lowest BCUT2D eigenvalue weighted by Crippen LogP contribution is -2.50. The highest BCUT2D eigenvalue weighted by atomic mass is 19.1. The van der Waals surface area contributed by atoms with Crippen molar-refractivity contribution in [2.75, 3.05) is 26.2 Å². The zero-order chi connectivity index (χ0) is 22.6. The van der Waals surface area contributed by atoms with Gasteiger partial charge in [-0.15, -0.1) is 0 Å². The van der Waals surface area contributed by atoms with Gasteiger partial charge in [0.2, 0.25) is 5.91 Å². The number of hydrogen-bond donors (Lipinski definition) is 1.